The molecule has 1 aromatic carbocycles. The fourth-order valence-corrected chi connectivity index (χ4v) is 4.34. The van der Waals surface area contributed by atoms with Crippen LogP contribution in [-0.4, -0.2) is 39.8 Å². The molecule has 2 fully saturated rings. The second-order valence-electron chi connectivity index (χ2n) is 8.30. The highest BCUT2D eigenvalue weighted by atomic mass is 16.5. The fourth-order valence-electron chi connectivity index (χ4n) is 4.34. The van der Waals surface area contributed by atoms with Crippen molar-refractivity contribution >= 4 is 17.7 Å². The predicted octanol–water partition coefficient (Wildman–Crippen LogP) is 2.31. The van der Waals surface area contributed by atoms with Crippen molar-refractivity contribution in [1.29, 1.82) is 0 Å². The van der Waals surface area contributed by atoms with Crippen LogP contribution in [0.2, 0.25) is 0 Å². The zero-order valence-corrected chi connectivity index (χ0v) is 18.0. The number of imide groups is 1. The summed E-state index contributed by atoms with van der Waals surface area (Å²) >= 11 is 0. The zero-order chi connectivity index (χ0) is 22.5. The van der Waals surface area contributed by atoms with Crippen LogP contribution in [0.3, 0.4) is 0 Å². The predicted molar refractivity (Wildman–Crippen MR) is 117 cm³/mol. The van der Waals surface area contributed by atoms with Crippen molar-refractivity contribution in [2.75, 3.05) is 0 Å². The normalized spacial score (nSPS) is 20.5. The molecule has 5 rings (SSSR count). The molecule has 1 aliphatic carbocycles. The number of hydrogen-bond acceptors (Lipinski definition) is 6. The number of carbonyl (C=O) groups is 3. The minimum Gasteiger partial charge on any atom is -0.490 e. The molecular weight excluding hydrogens is 408 g/mol. The highest BCUT2D eigenvalue weighted by molar-refractivity contribution is 6.05. The third-order valence-electron chi connectivity index (χ3n) is 6.09. The molecule has 1 atom stereocenters. The summed E-state index contributed by atoms with van der Waals surface area (Å²) in [5, 5.41) is 2.32. The quantitative estimate of drug-likeness (QED) is 0.711. The molecule has 2 aliphatic heterocycles. The SMILES string of the molecule is NCc1ccncc1.O=C1CCC(N2Cc3cc(OC4CCCC4)ccc3C2=O)C(=O)N1. The average molecular weight is 437 g/mol. The van der Waals surface area contributed by atoms with Gasteiger partial charge in [-0.15, -0.1) is 0 Å². The monoisotopic (exact) mass is 436 g/mol. The Kier molecular flexibility index (Phi) is 6.80. The van der Waals surface area contributed by atoms with E-state index in [9.17, 15) is 14.4 Å². The van der Waals surface area contributed by atoms with Gasteiger partial charge in [0, 0.05) is 37.5 Å². The largest absolute Gasteiger partial charge is 0.490 e. The molecule has 8 heteroatoms. The van der Waals surface area contributed by atoms with E-state index in [1.54, 1.807) is 23.4 Å². The number of rotatable bonds is 4. The lowest BCUT2D eigenvalue weighted by Crippen LogP contribution is -2.52. The Balaban J connectivity index is 0.000000260. The average Bonchev–Trinajstić information content (AvgIpc) is 3.43. The number of nitrogens with zero attached hydrogens (tertiary/aromatic N) is 2. The van der Waals surface area contributed by atoms with E-state index in [0.29, 0.717) is 25.1 Å². The van der Waals surface area contributed by atoms with E-state index in [2.05, 4.69) is 10.3 Å². The molecule has 0 spiro atoms. The smallest absolute Gasteiger partial charge is 0.255 e. The molecule has 32 heavy (non-hydrogen) atoms. The molecule has 1 unspecified atom stereocenters. The maximum Gasteiger partial charge on any atom is 0.255 e. The molecule has 1 aromatic heterocycles. The Morgan fingerprint density at radius 1 is 1.06 bits per heavy atom. The fraction of sp³-hybridized carbons (Fsp3) is 0.417. The van der Waals surface area contributed by atoms with Gasteiger partial charge in [0.1, 0.15) is 11.8 Å². The minimum absolute atomic E-state index is 0.146. The van der Waals surface area contributed by atoms with Crippen LogP contribution in [0.1, 0.15) is 60.0 Å². The van der Waals surface area contributed by atoms with Crippen molar-refractivity contribution in [3.63, 3.8) is 0 Å². The van der Waals surface area contributed by atoms with Gasteiger partial charge in [-0.1, -0.05) is 0 Å². The van der Waals surface area contributed by atoms with Crippen molar-refractivity contribution < 1.29 is 19.1 Å². The summed E-state index contributed by atoms with van der Waals surface area (Å²) in [4.78, 5) is 41.3. The van der Waals surface area contributed by atoms with Crippen molar-refractivity contribution in [1.82, 2.24) is 15.2 Å². The summed E-state index contributed by atoms with van der Waals surface area (Å²) in [5.41, 5.74) is 7.96. The number of aromatic nitrogens is 1. The lowest BCUT2D eigenvalue weighted by Gasteiger charge is -2.29. The van der Waals surface area contributed by atoms with E-state index in [1.165, 1.54) is 12.8 Å². The zero-order valence-electron chi connectivity index (χ0n) is 18.0. The van der Waals surface area contributed by atoms with Crippen LogP contribution >= 0.6 is 0 Å². The molecule has 0 bridgehead atoms. The summed E-state index contributed by atoms with van der Waals surface area (Å²) in [5.74, 6) is -0.00650. The maximum absolute atomic E-state index is 12.6. The molecule has 2 aromatic rings. The Morgan fingerprint density at radius 3 is 2.47 bits per heavy atom. The van der Waals surface area contributed by atoms with E-state index in [0.717, 1.165) is 29.7 Å². The van der Waals surface area contributed by atoms with Crippen LogP contribution in [0.25, 0.3) is 0 Å². The van der Waals surface area contributed by atoms with Crippen LogP contribution in [0, 0.1) is 0 Å². The Labute approximate surface area is 187 Å². The molecule has 3 amide bonds. The highest BCUT2D eigenvalue weighted by Crippen LogP contribution is 2.31. The second-order valence-corrected chi connectivity index (χ2v) is 8.30. The lowest BCUT2D eigenvalue weighted by atomic mass is 10.0. The Morgan fingerprint density at radius 2 is 1.81 bits per heavy atom. The van der Waals surface area contributed by atoms with Gasteiger partial charge in [-0.25, -0.2) is 0 Å². The summed E-state index contributed by atoms with van der Waals surface area (Å²) in [6.45, 7) is 0.991. The number of hydrogen-bond donors (Lipinski definition) is 2. The van der Waals surface area contributed by atoms with Gasteiger partial charge in [0.25, 0.3) is 5.91 Å². The summed E-state index contributed by atoms with van der Waals surface area (Å²) in [7, 11) is 0. The van der Waals surface area contributed by atoms with Gasteiger partial charge in [-0.3, -0.25) is 24.7 Å². The topological polar surface area (TPSA) is 115 Å². The van der Waals surface area contributed by atoms with Gasteiger partial charge in [0.15, 0.2) is 0 Å². The van der Waals surface area contributed by atoms with Crippen LogP contribution in [0.5, 0.6) is 5.75 Å². The molecule has 1 saturated heterocycles. The number of nitrogens with two attached hydrogens (primary N) is 1. The first-order chi connectivity index (χ1) is 15.5. The summed E-state index contributed by atoms with van der Waals surface area (Å²) in [6, 6.07) is 8.77. The maximum atomic E-state index is 12.6. The molecule has 168 valence electrons. The van der Waals surface area contributed by atoms with Crippen molar-refractivity contribution in [3.05, 3.63) is 59.4 Å². The third kappa shape index (κ3) is 4.96. The first kappa shape index (κ1) is 22.0. The Hall–Kier alpha value is -3.26. The number of amides is 3. The number of ether oxygens (including phenoxy) is 1. The highest BCUT2D eigenvalue weighted by Gasteiger charge is 2.39. The van der Waals surface area contributed by atoms with Crippen molar-refractivity contribution in [2.45, 2.75) is 63.8 Å². The van der Waals surface area contributed by atoms with Gasteiger partial charge in [0.05, 0.1) is 6.10 Å². The molecule has 0 radical (unpaired) electrons. The van der Waals surface area contributed by atoms with E-state index in [4.69, 9.17) is 10.5 Å². The summed E-state index contributed by atoms with van der Waals surface area (Å²) in [6.07, 6.45) is 8.98. The second kappa shape index (κ2) is 9.91. The summed E-state index contributed by atoms with van der Waals surface area (Å²) < 4.78 is 6.00. The van der Waals surface area contributed by atoms with Crippen molar-refractivity contribution in [2.24, 2.45) is 5.73 Å². The van der Waals surface area contributed by atoms with Gasteiger partial charge in [0.2, 0.25) is 11.8 Å². The molecule has 3 aliphatic rings. The number of nitrogens with one attached hydrogen (secondary N) is 1. The first-order valence-corrected chi connectivity index (χ1v) is 11.1. The number of benzene rings is 1. The molecule has 8 nitrogen and oxygen atoms in total. The van der Waals surface area contributed by atoms with Crippen LogP contribution in [0.4, 0.5) is 0 Å². The van der Waals surface area contributed by atoms with E-state index >= 15 is 0 Å². The molecular formula is C24H28N4O4. The van der Waals surface area contributed by atoms with E-state index in [-0.39, 0.29) is 30.2 Å². The van der Waals surface area contributed by atoms with Crippen LogP contribution in [0.15, 0.2) is 42.7 Å². The van der Waals surface area contributed by atoms with Gasteiger partial charge in [-0.05, 0) is 73.6 Å². The van der Waals surface area contributed by atoms with Gasteiger partial charge in [-0.2, -0.15) is 0 Å². The van der Waals surface area contributed by atoms with Crippen LogP contribution < -0.4 is 15.8 Å². The third-order valence-corrected chi connectivity index (χ3v) is 6.09. The number of pyridine rings is 1. The van der Waals surface area contributed by atoms with Gasteiger partial charge < -0.3 is 15.4 Å². The first-order valence-electron chi connectivity index (χ1n) is 11.1. The Bertz CT molecular complexity index is 989. The molecule has 3 heterocycles. The van der Waals surface area contributed by atoms with E-state index in [1.807, 2.05) is 24.3 Å². The van der Waals surface area contributed by atoms with E-state index < -0.39 is 6.04 Å². The standard InChI is InChI=1S/C18H20N2O4.C6H8N2/c21-16-8-7-15(17(22)19-16)20-10-11-9-13(5-6-14(11)18(20)23)24-12-3-1-2-4-12;7-5-6-1-3-8-4-2-6/h5-6,9,12,15H,1-4,7-8,10H2,(H,19,21,22);1-4H,5,7H2. The number of fused-ring (bicyclic) bond motifs is 1. The van der Waals surface area contributed by atoms with Crippen molar-refractivity contribution in [3.8, 4) is 5.75 Å². The van der Waals surface area contributed by atoms with Gasteiger partial charge >= 0.3 is 0 Å². The lowest BCUT2D eigenvalue weighted by molar-refractivity contribution is -0.136. The van der Waals surface area contributed by atoms with Crippen LogP contribution in [-0.2, 0) is 22.7 Å². The molecule has 1 saturated carbocycles. The molecule has 3 N–H and O–H groups in total. The minimum atomic E-state index is -0.568. The number of carbonyl (C=O) groups excluding carboxylic acids is 3. The number of piperidine rings is 1.